The zero-order valence-electron chi connectivity index (χ0n) is 18.8. The Kier molecular flexibility index (Phi) is 7.10. The number of hydrogen-bond acceptors (Lipinski definition) is 5. The minimum atomic E-state index is -0.848. The van der Waals surface area contributed by atoms with Gasteiger partial charge in [0.05, 0.1) is 12.8 Å². The van der Waals surface area contributed by atoms with Gasteiger partial charge < -0.3 is 9.47 Å². The average Bonchev–Trinajstić information content (AvgIpc) is 2.83. The maximum Gasteiger partial charge on any atom is 0.335 e. The molecular weight excluding hydrogens is 491 g/mol. The van der Waals surface area contributed by atoms with Crippen molar-refractivity contribution in [3.05, 3.63) is 93.0 Å². The van der Waals surface area contributed by atoms with Crippen LogP contribution in [0, 0.1) is 6.92 Å². The summed E-state index contributed by atoms with van der Waals surface area (Å²) in [4.78, 5) is 38.9. The second kappa shape index (κ2) is 10.2. The van der Waals surface area contributed by atoms with Gasteiger partial charge in [-0.15, -0.1) is 0 Å². The molecule has 0 bridgehead atoms. The van der Waals surface area contributed by atoms with E-state index < -0.39 is 17.8 Å². The Morgan fingerprint density at radius 1 is 0.971 bits per heavy atom. The number of amides is 4. The first kappa shape index (κ1) is 24.3. The van der Waals surface area contributed by atoms with Crippen LogP contribution < -0.4 is 19.7 Å². The summed E-state index contributed by atoms with van der Waals surface area (Å²) in [5.74, 6) is -0.683. The van der Waals surface area contributed by atoms with E-state index >= 15 is 0 Å². The Balaban J connectivity index is 1.60. The molecule has 0 radical (unpaired) electrons. The number of urea groups is 1. The van der Waals surface area contributed by atoms with Crippen LogP contribution in [0.4, 0.5) is 10.5 Å². The van der Waals surface area contributed by atoms with E-state index in [1.165, 1.54) is 19.3 Å². The van der Waals surface area contributed by atoms with Gasteiger partial charge in [-0.2, -0.15) is 0 Å². The maximum absolute atomic E-state index is 13.1. The van der Waals surface area contributed by atoms with Gasteiger partial charge in [0, 0.05) is 10.0 Å². The van der Waals surface area contributed by atoms with Crippen molar-refractivity contribution in [3.63, 3.8) is 0 Å². The van der Waals surface area contributed by atoms with Crippen LogP contribution in [0.25, 0.3) is 6.08 Å². The number of methoxy groups -OCH3 is 1. The Labute approximate surface area is 211 Å². The summed E-state index contributed by atoms with van der Waals surface area (Å²) in [6.45, 7) is 2.07. The molecule has 0 aromatic heterocycles. The summed E-state index contributed by atoms with van der Waals surface area (Å²) in [5, 5.41) is 3.19. The van der Waals surface area contributed by atoms with Crippen LogP contribution in [0.5, 0.6) is 11.5 Å². The lowest BCUT2D eigenvalue weighted by molar-refractivity contribution is -0.122. The SMILES string of the molecule is COc1cc(/C=C2\C(=O)NC(=O)N(c3ccc(C)c(Cl)c3)C2=O)ccc1OCc1cccc(Cl)c1. The second-order valence-corrected chi connectivity index (χ2v) is 8.56. The predicted octanol–water partition coefficient (Wildman–Crippen LogP) is 5.56. The molecule has 4 rings (SSSR count). The number of carbonyl (C=O) groups excluding carboxylic acids is 3. The van der Waals surface area contributed by atoms with Gasteiger partial charge in [-0.3, -0.25) is 14.9 Å². The van der Waals surface area contributed by atoms with Crippen LogP contribution in [-0.2, 0) is 16.2 Å². The topological polar surface area (TPSA) is 84.9 Å². The minimum Gasteiger partial charge on any atom is -0.493 e. The van der Waals surface area contributed by atoms with Gasteiger partial charge in [-0.25, -0.2) is 9.69 Å². The highest BCUT2D eigenvalue weighted by molar-refractivity contribution is 6.39. The van der Waals surface area contributed by atoms with Crippen LogP contribution in [0.15, 0.2) is 66.2 Å². The number of carbonyl (C=O) groups is 3. The Morgan fingerprint density at radius 3 is 2.49 bits per heavy atom. The minimum absolute atomic E-state index is 0.212. The number of imide groups is 2. The number of aryl methyl sites for hydroxylation is 1. The molecule has 0 aliphatic carbocycles. The Bertz CT molecular complexity index is 1370. The van der Waals surface area contributed by atoms with Crippen molar-refractivity contribution in [3.8, 4) is 11.5 Å². The maximum atomic E-state index is 13.1. The number of halogens is 2. The van der Waals surface area contributed by atoms with Crippen molar-refractivity contribution in [1.29, 1.82) is 0 Å². The van der Waals surface area contributed by atoms with E-state index in [0.717, 1.165) is 16.0 Å². The first-order valence-electron chi connectivity index (χ1n) is 10.5. The number of hydrogen-bond donors (Lipinski definition) is 1. The average molecular weight is 511 g/mol. The highest BCUT2D eigenvalue weighted by Gasteiger charge is 2.37. The van der Waals surface area contributed by atoms with E-state index in [-0.39, 0.29) is 17.9 Å². The summed E-state index contributed by atoms with van der Waals surface area (Å²) in [7, 11) is 1.48. The van der Waals surface area contributed by atoms with Gasteiger partial charge in [0.2, 0.25) is 0 Å². The fourth-order valence-electron chi connectivity index (χ4n) is 3.46. The molecule has 0 unspecified atom stereocenters. The zero-order chi connectivity index (χ0) is 25.1. The van der Waals surface area contributed by atoms with E-state index in [2.05, 4.69) is 5.32 Å². The Morgan fingerprint density at radius 2 is 1.77 bits per heavy atom. The van der Waals surface area contributed by atoms with Crippen LogP contribution >= 0.6 is 23.2 Å². The molecule has 7 nitrogen and oxygen atoms in total. The molecule has 9 heteroatoms. The van der Waals surface area contributed by atoms with E-state index in [0.29, 0.717) is 27.1 Å². The molecule has 1 N–H and O–H groups in total. The van der Waals surface area contributed by atoms with Crippen LogP contribution in [0.1, 0.15) is 16.7 Å². The number of nitrogens with one attached hydrogen (secondary N) is 1. The molecule has 0 atom stereocenters. The van der Waals surface area contributed by atoms with Gasteiger partial charge in [0.1, 0.15) is 12.2 Å². The fraction of sp³-hybridized carbons (Fsp3) is 0.115. The van der Waals surface area contributed by atoms with Crippen molar-refractivity contribution < 1.29 is 23.9 Å². The number of ether oxygens (including phenoxy) is 2. The molecule has 1 aliphatic heterocycles. The van der Waals surface area contributed by atoms with E-state index in [9.17, 15) is 14.4 Å². The number of rotatable bonds is 6. The lowest BCUT2D eigenvalue weighted by atomic mass is 10.1. The van der Waals surface area contributed by atoms with E-state index in [1.54, 1.807) is 49.4 Å². The lowest BCUT2D eigenvalue weighted by Gasteiger charge is -2.26. The molecule has 3 aromatic carbocycles. The van der Waals surface area contributed by atoms with Crippen LogP contribution in [0.3, 0.4) is 0 Å². The second-order valence-electron chi connectivity index (χ2n) is 7.72. The third-order valence-corrected chi connectivity index (χ3v) is 5.94. The fourth-order valence-corrected chi connectivity index (χ4v) is 3.85. The molecule has 1 saturated heterocycles. The highest BCUT2D eigenvalue weighted by Crippen LogP contribution is 2.31. The van der Waals surface area contributed by atoms with Gasteiger partial charge in [-0.05, 0) is 66.1 Å². The monoisotopic (exact) mass is 510 g/mol. The quantitative estimate of drug-likeness (QED) is 0.346. The third kappa shape index (κ3) is 5.31. The van der Waals surface area contributed by atoms with Gasteiger partial charge in [-0.1, -0.05) is 47.5 Å². The van der Waals surface area contributed by atoms with Crippen molar-refractivity contribution in [1.82, 2.24) is 5.32 Å². The number of anilines is 1. The van der Waals surface area contributed by atoms with E-state index in [1.807, 2.05) is 12.1 Å². The third-order valence-electron chi connectivity index (χ3n) is 5.30. The summed E-state index contributed by atoms with van der Waals surface area (Å²) < 4.78 is 11.3. The predicted molar refractivity (Wildman–Crippen MR) is 134 cm³/mol. The van der Waals surface area contributed by atoms with Gasteiger partial charge in [0.15, 0.2) is 11.5 Å². The number of barbiturate groups is 1. The normalized spacial score (nSPS) is 14.8. The lowest BCUT2D eigenvalue weighted by Crippen LogP contribution is -2.54. The van der Waals surface area contributed by atoms with Crippen molar-refractivity contribution in [2.45, 2.75) is 13.5 Å². The first-order valence-corrected chi connectivity index (χ1v) is 11.3. The van der Waals surface area contributed by atoms with Crippen molar-refractivity contribution in [2.24, 2.45) is 0 Å². The standard InChI is InChI=1S/C26H20Cl2N2O5/c1-15-6-8-19(13-21(15)28)30-25(32)20(24(31)29-26(30)33)11-16-7-9-22(23(12-16)34-2)35-14-17-4-3-5-18(27)10-17/h3-13H,14H2,1-2H3,(H,29,31,33)/b20-11+. The summed E-state index contributed by atoms with van der Waals surface area (Å²) in [5.41, 5.74) is 2.22. The smallest absolute Gasteiger partial charge is 0.335 e. The molecule has 1 aliphatic rings. The zero-order valence-corrected chi connectivity index (χ0v) is 20.3. The Hall–Kier alpha value is -3.81. The summed E-state index contributed by atoms with van der Waals surface area (Å²) in [6, 6.07) is 16.2. The largest absolute Gasteiger partial charge is 0.493 e. The number of benzene rings is 3. The molecule has 0 saturated carbocycles. The number of nitrogens with zero attached hydrogens (tertiary/aromatic N) is 1. The molecule has 1 heterocycles. The molecule has 3 aromatic rings. The molecular formula is C26H20Cl2N2O5. The summed E-state index contributed by atoms with van der Waals surface area (Å²) in [6.07, 6.45) is 1.39. The van der Waals surface area contributed by atoms with Gasteiger partial charge in [0.25, 0.3) is 11.8 Å². The molecule has 4 amide bonds. The highest BCUT2D eigenvalue weighted by atomic mass is 35.5. The van der Waals surface area contributed by atoms with Crippen molar-refractivity contribution >= 4 is 52.8 Å². The van der Waals surface area contributed by atoms with Crippen LogP contribution in [-0.4, -0.2) is 25.0 Å². The van der Waals surface area contributed by atoms with Crippen LogP contribution in [0.2, 0.25) is 10.0 Å². The van der Waals surface area contributed by atoms with Gasteiger partial charge >= 0.3 is 6.03 Å². The summed E-state index contributed by atoms with van der Waals surface area (Å²) >= 11 is 12.2. The molecule has 1 fully saturated rings. The van der Waals surface area contributed by atoms with Crippen molar-refractivity contribution in [2.75, 3.05) is 12.0 Å². The molecule has 0 spiro atoms. The first-order chi connectivity index (χ1) is 16.8. The molecule has 178 valence electrons. The molecule has 35 heavy (non-hydrogen) atoms. The van der Waals surface area contributed by atoms with E-state index in [4.69, 9.17) is 32.7 Å².